The molecule has 0 spiro atoms. The number of piperidine rings is 1. The van der Waals surface area contributed by atoms with Crippen molar-refractivity contribution in [2.45, 2.75) is 76.6 Å². The summed E-state index contributed by atoms with van der Waals surface area (Å²) in [6.07, 6.45) is 8.52. The molecule has 1 aliphatic carbocycles. The van der Waals surface area contributed by atoms with E-state index in [0.29, 0.717) is 6.10 Å². The molecule has 0 aromatic heterocycles. The summed E-state index contributed by atoms with van der Waals surface area (Å²) in [4.78, 5) is 2.61. The number of ether oxygens (including phenoxy) is 1. The Morgan fingerprint density at radius 1 is 1.21 bits per heavy atom. The lowest BCUT2D eigenvalue weighted by molar-refractivity contribution is 0.0464. The molecule has 0 unspecified atom stereocenters. The Labute approximate surface area is 118 Å². The van der Waals surface area contributed by atoms with E-state index in [1.165, 1.54) is 51.6 Å². The minimum atomic E-state index is 0.569. The lowest BCUT2D eigenvalue weighted by Crippen LogP contribution is -2.53. The standard InChI is InChI=1S/C16H30N2O/c1-3-18-9-7-13(11-12(18)2)17-15-5-4-6-16-14(15)8-10-19-16/h12-17H,3-11H2,1-2H3/t12-,13+,14-,15-,16+/m1/s1. The highest BCUT2D eigenvalue weighted by molar-refractivity contribution is 4.93. The second kappa shape index (κ2) is 6.11. The van der Waals surface area contributed by atoms with Crippen LogP contribution in [0.15, 0.2) is 0 Å². The van der Waals surface area contributed by atoms with Gasteiger partial charge >= 0.3 is 0 Å². The van der Waals surface area contributed by atoms with Crippen LogP contribution in [0.3, 0.4) is 0 Å². The number of likely N-dealkylation sites (tertiary alicyclic amines) is 1. The highest BCUT2D eigenvalue weighted by Crippen LogP contribution is 2.35. The Hall–Kier alpha value is -0.120. The quantitative estimate of drug-likeness (QED) is 0.849. The van der Waals surface area contributed by atoms with E-state index in [-0.39, 0.29) is 0 Å². The average molecular weight is 266 g/mol. The van der Waals surface area contributed by atoms with Gasteiger partial charge in [-0.05, 0) is 58.5 Å². The SMILES string of the molecule is CCN1CC[C@H](N[C@@H]2CCC[C@@H]3OCC[C@@H]32)C[C@H]1C. The molecule has 3 rings (SSSR count). The molecule has 2 heterocycles. The van der Waals surface area contributed by atoms with E-state index in [4.69, 9.17) is 4.74 Å². The predicted molar refractivity (Wildman–Crippen MR) is 78.4 cm³/mol. The summed E-state index contributed by atoms with van der Waals surface area (Å²) >= 11 is 0. The van der Waals surface area contributed by atoms with Gasteiger partial charge in [-0.15, -0.1) is 0 Å². The molecular weight excluding hydrogens is 236 g/mol. The third-order valence-electron chi connectivity index (χ3n) is 5.65. The van der Waals surface area contributed by atoms with E-state index in [1.54, 1.807) is 0 Å². The van der Waals surface area contributed by atoms with E-state index in [0.717, 1.165) is 30.7 Å². The fourth-order valence-corrected chi connectivity index (χ4v) is 4.53. The number of fused-ring (bicyclic) bond motifs is 1. The molecule has 1 N–H and O–H groups in total. The van der Waals surface area contributed by atoms with Crippen LogP contribution in [-0.4, -0.2) is 48.8 Å². The van der Waals surface area contributed by atoms with Crippen LogP contribution in [0.25, 0.3) is 0 Å². The van der Waals surface area contributed by atoms with E-state index in [2.05, 4.69) is 24.1 Å². The fraction of sp³-hybridized carbons (Fsp3) is 1.00. The van der Waals surface area contributed by atoms with Gasteiger partial charge in [0.15, 0.2) is 0 Å². The third-order valence-corrected chi connectivity index (χ3v) is 5.65. The van der Waals surface area contributed by atoms with Crippen molar-refractivity contribution in [2.75, 3.05) is 19.7 Å². The summed E-state index contributed by atoms with van der Waals surface area (Å²) in [6.45, 7) is 8.15. The maximum absolute atomic E-state index is 5.88. The number of nitrogens with zero attached hydrogens (tertiary/aromatic N) is 1. The van der Waals surface area contributed by atoms with Crippen LogP contribution in [0, 0.1) is 5.92 Å². The van der Waals surface area contributed by atoms with E-state index < -0.39 is 0 Å². The van der Waals surface area contributed by atoms with Crippen LogP contribution in [-0.2, 0) is 4.74 Å². The molecule has 0 aromatic carbocycles. The summed E-state index contributed by atoms with van der Waals surface area (Å²) in [6, 6.07) is 2.21. The molecule has 1 saturated carbocycles. The second-order valence-corrected chi connectivity index (χ2v) is 6.76. The monoisotopic (exact) mass is 266 g/mol. The largest absolute Gasteiger partial charge is 0.378 e. The molecule has 3 fully saturated rings. The van der Waals surface area contributed by atoms with Gasteiger partial charge in [-0.3, -0.25) is 0 Å². The van der Waals surface area contributed by atoms with Crippen LogP contribution < -0.4 is 5.32 Å². The predicted octanol–water partition coefficient (Wildman–Crippen LogP) is 2.41. The van der Waals surface area contributed by atoms with E-state index in [9.17, 15) is 0 Å². The minimum absolute atomic E-state index is 0.569. The van der Waals surface area contributed by atoms with Gasteiger partial charge in [0.05, 0.1) is 6.10 Å². The third kappa shape index (κ3) is 2.98. The maximum Gasteiger partial charge on any atom is 0.0619 e. The highest BCUT2D eigenvalue weighted by Gasteiger charge is 2.38. The molecule has 19 heavy (non-hydrogen) atoms. The molecule has 3 aliphatic rings. The van der Waals surface area contributed by atoms with E-state index >= 15 is 0 Å². The minimum Gasteiger partial charge on any atom is -0.378 e. The van der Waals surface area contributed by atoms with Crippen molar-refractivity contribution in [3.05, 3.63) is 0 Å². The zero-order valence-electron chi connectivity index (χ0n) is 12.6. The Morgan fingerprint density at radius 3 is 2.89 bits per heavy atom. The topological polar surface area (TPSA) is 24.5 Å². The van der Waals surface area contributed by atoms with Crippen molar-refractivity contribution in [1.82, 2.24) is 10.2 Å². The van der Waals surface area contributed by atoms with Crippen molar-refractivity contribution < 1.29 is 4.74 Å². The smallest absolute Gasteiger partial charge is 0.0619 e. The van der Waals surface area contributed by atoms with Gasteiger partial charge in [-0.25, -0.2) is 0 Å². The zero-order valence-corrected chi connectivity index (χ0v) is 12.6. The van der Waals surface area contributed by atoms with Crippen LogP contribution >= 0.6 is 0 Å². The van der Waals surface area contributed by atoms with Gasteiger partial charge in [0.2, 0.25) is 0 Å². The molecule has 3 nitrogen and oxygen atoms in total. The van der Waals surface area contributed by atoms with Crippen molar-refractivity contribution >= 4 is 0 Å². The molecular formula is C16H30N2O. The van der Waals surface area contributed by atoms with Crippen LogP contribution in [0.4, 0.5) is 0 Å². The summed E-state index contributed by atoms with van der Waals surface area (Å²) in [5, 5.41) is 4.00. The lowest BCUT2D eigenvalue weighted by atomic mass is 9.81. The molecule has 110 valence electrons. The molecule has 3 heteroatoms. The average Bonchev–Trinajstić information content (AvgIpc) is 2.88. The summed E-state index contributed by atoms with van der Waals surface area (Å²) in [7, 11) is 0. The molecule has 0 radical (unpaired) electrons. The van der Waals surface area contributed by atoms with Gasteiger partial charge in [0.1, 0.15) is 0 Å². The van der Waals surface area contributed by atoms with Gasteiger partial charge in [-0.1, -0.05) is 6.92 Å². The Morgan fingerprint density at radius 2 is 2.11 bits per heavy atom. The normalized spacial score (nSPS) is 44.2. The number of rotatable bonds is 3. The number of hydrogen-bond donors (Lipinski definition) is 1. The number of nitrogens with one attached hydrogen (secondary N) is 1. The highest BCUT2D eigenvalue weighted by atomic mass is 16.5. The summed E-state index contributed by atoms with van der Waals surface area (Å²) < 4.78 is 5.88. The van der Waals surface area contributed by atoms with Crippen molar-refractivity contribution in [1.29, 1.82) is 0 Å². The first-order valence-corrected chi connectivity index (χ1v) is 8.39. The van der Waals surface area contributed by atoms with Crippen LogP contribution in [0.5, 0.6) is 0 Å². The first-order valence-electron chi connectivity index (χ1n) is 8.39. The maximum atomic E-state index is 5.88. The van der Waals surface area contributed by atoms with Crippen molar-refractivity contribution in [3.63, 3.8) is 0 Å². The van der Waals surface area contributed by atoms with Crippen molar-refractivity contribution in [2.24, 2.45) is 5.92 Å². The zero-order chi connectivity index (χ0) is 13.2. The Kier molecular flexibility index (Phi) is 4.45. The van der Waals surface area contributed by atoms with Gasteiger partial charge < -0.3 is 15.0 Å². The lowest BCUT2D eigenvalue weighted by Gasteiger charge is -2.41. The summed E-state index contributed by atoms with van der Waals surface area (Å²) in [5.74, 6) is 0.799. The second-order valence-electron chi connectivity index (χ2n) is 6.76. The Bertz CT molecular complexity index is 296. The molecule has 2 aliphatic heterocycles. The molecule has 0 aromatic rings. The Balaban J connectivity index is 1.53. The first kappa shape index (κ1) is 13.8. The van der Waals surface area contributed by atoms with Gasteiger partial charge in [-0.2, -0.15) is 0 Å². The van der Waals surface area contributed by atoms with Gasteiger partial charge in [0, 0.05) is 30.7 Å². The van der Waals surface area contributed by atoms with Crippen LogP contribution in [0.2, 0.25) is 0 Å². The number of hydrogen-bond acceptors (Lipinski definition) is 3. The molecule has 5 atom stereocenters. The van der Waals surface area contributed by atoms with Crippen molar-refractivity contribution in [3.8, 4) is 0 Å². The summed E-state index contributed by atoms with van der Waals surface area (Å²) in [5.41, 5.74) is 0. The van der Waals surface area contributed by atoms with Crippen LogP contribution in [0.1, 0.15) is 52.4 Å². The van der Waals surface area contributed by atoms with E-state index in [1.807, 2.05) is 0 Å². The first-order chi connectivity index (χ1) is 9.28. The molecule has 0 bridgehead atoms. The molecule has 2 saturated heterocycles. The van der Waals surface area contributed by atoms with Gasteiger partial charge in [0.25, 0.3) is 0 Å². The fourth-order valence-electron chi connectivity index (χ4n) is 4.53. The molecule has 0 amide bonds.